The molecular formula is C16H23BrF2O. The van der Waals surface area contributed by atoms with Crippen molar-refractivity contribution in [1.29, 1.82) is 0 Å². The van der Waals surface area contributed by atoms with Crippen molar-refractivity contribution in [2.75, 3.05) is 13.2 Å². The fourth-order valence-electron chi connectivity index (χ4n) is 3.34. The Balaban J connectivity index is 1.97. The van der Waals surface area contributed by atoms with Crippen LogP contribution in [0.4, 0.5) is 8.78 Å². The highest BCUT2D eigenvalue weighted by Crippen LogP contribution is 2.45. The minimum absolute atomic E-state index is 0.0432. The number of hydrogen-bond acceptors (Lipinski definition) is 1. The van der Waals surface area contributed by atoms with Crippen LogP contribution in [0.25, 0.3) is 0 Å². The van der Waals surface area contributed by atoms with E-state index >= 15 is 0 Å². The average Bonchev–Trinajstić information content (AvgIpc) is 2.41. The van der Waals surface area contributed by atoms with Gasteiger partial charge in [-0.3, -0.25) is 0 Å². The first-order chi connectivity index (χ1) is 9.53. The van der Waals surface area contributed by atoms with Crippen molar-refractivity contribution in [1.82, 2.24) is 0 Å². The van der Waals surface area contributed by atoms with Crippen molar-refractivity contribution in [2.45, 2.75) is 45.0 Å². The summed E-state index contributed by atoms with van der Waals surface area (Å²) >= 11 is 3.64. The molecule has 0 amide bonds. The zero-order valence-electron chi connectivity index (χ0n) is 12.0. The number of rotatable bonds is 5. The number of halogens is 3. The van der Waals surface area contributed by atoms with E-state index < -0.39 is 5.92 Å². The summed E-state index contributed by atoms with van der Waals surface area (Å²) in [6.07, 6.45) is 8.63. The SMILES string of the molecule is CCOCCC1C(Br)=CC=CC1C1CCC(F)(F)CC1. The van der Waals surface area contributed by atoms with E-state index in [0.29, 0.717) is 30.6 Å². The normalized spacial score (nSPS) is 30.3. The Hall–Kier alpha value is -0.220. The summed E-state index contributed by atoms with van der Waals surface area (Å²) in [5.74, 6) is -1.32. The Morgan fingerprint density at radius 3 is 2.70 bits per heavy atom. The molecule has 20 heavy (non-hydrogen) atoms. The molecule has 4 heteroatoms. The minimum atomic E-state index is -2.44. The van der Waals surface area contributed by atoms with Crippen molar-refractivity contribution >= 4 is 15.9 Å². The highest BCUT2D eigenvalue weighted by Gasteiger charge is 2.39. The predicted molar refractivity (Wildman–Crippen MR) is 81.1 cm³/mol. The van der Waals surface area contributed by atoms with Crippen LogP contribution < -0.4 is 0 Å². The van der Waals surface area contributed by atoms with Gasteiger partial charge in [-0.2, -0.15) is 0 Å². The van der Waals surface area contributed by atoms with Crippen molar-refractivity contribution in [3.8, 4) is 0 Å². The first-order valence-corrected chi connectivity index (χ1v) is 8.32. The smallest absolute Gasteiger partial charge is 0.248 e. The van der Waals surface area contributed by atoms with Crippen LogP contribution in [0, 0.1) is 17.8 Å². The van der Waals surface area contributed by atoms with Crippen LogP contribution in [0.2, 0.25) is 0 Å². The lowest BCUT2D eigenvalue weighted by atomic mass is 9.71. The third-order valence-electron chi connectivity index (χ3n) is 4.49. The third kappa shape index (κ3) is 4.14. The molecule has 0 N–H and O–H groups in total. The Bertz CT molecular complexity index is 369. The molecule has 1 saturated carbocycles. The Kier molecular flexibility index (Phi) is 5.79. The largest absolute Gasteiger partial charge is 0.382 e. The standard InChI is InChI=1S/C16H23BrF2O/c1-2-20-11-8-14-13(4-3-5-15(14)17)12-6-9-16(18,19)10-7-12/h3-5,12-14H,2,6-11H2,1H3. The second-order valence-electron chi connectivity index (χ2n) is 5.80. The Morgan fingerprint density at radius 2 is 2.05 bits per heavy atom. The molecule has 0 aromatic rings. The number of hydrogen-bond donors (Lipinski definition) is 0. The van der Waals surface area contributed by atoms with Gasteiger partial charge >= 0.3 is 0 Å². The molecule has 114 valence electrons. The van der Waals surface area contributed by atoms with E-state index in [4.69, 9.17) is 4.74 Å². The maximum absolute atomic E-state index is 13.3. The summed E-state index contributed by atoms with van der Waals surface area (Å²) in [7, 11) is 0. The number of ether oxygens (including phenoxy) is 1. The summed E-state index contributed by atoms with van der Waals surface area (Å²) in [6, 6.07) is 0. The summed E-state index contributed by atoms with van der Waals surface area (Å²) < 4.78 is 33.3. The molecule has 2 aliphatic rings. The molecule has 0 radical (unpaired) electrons. The highest BCUT2D eigenvalue weighted by molar-refractivity contribution is 9.11. The summed E-state index contributed by atoms with van der Waals surface area (Å²) in [5.41, 5.74) is 0. The molecule has 2 atom stereocenters. The molecule has 2 rings (SSSR count). The zero-order valence-corrected chi connectivity index (χ0v) is 13.5. The van der Waals surface area contributed by atoms with Crippen molar-refractivity contribution in [3.63, 3.8) is 0 Å². The molecular weight excluding hydrogens is 326 g/mol. The lowest BCUT2D eigenvalue weighted by molar-refractivity contribution is -0.0524. The van der Waals surface area contributed by atoms with E-state index in [1.54, 1.807) is 0 Å². The summed E-state index contributed by atoms with van der Waals surface area (Å²) in [5, 5.41) is 0. The quantitative estimate of drug-likeness (QED) is 0.611. The van der Waals surface area contributed by atoms with Gasteiger partial charge in [-0.25, -0.2) is 8.78 Å². The molecule has 0 spiro atoms. The molecule has 2 aliphatic carbocycles. The lowest BCUT2D eigenvalue weighted by Gasteiger charge is -2.37. The number of alkyl halides is 2. The van der Waals surface area contributed by atoms with Gasteiger partial charge in [0, 0.05) is 26.1 Å². The van der Waals surface area contributed by atoms with Crippen LogP contribution in [0.15, 0.2) is 22.7 Å². The minimum Gasteiger partial charge on any atom is -0.382 e. The van der Waals surface area contributed by atoms with E-state index in [2.05, 4.69) is 34.2 Å². The van der Waals surface area contributed by atoms with E-state index in [9.17, 15) is 8.78 Å². The van der Waals surface area contributed by atoms with Crippen molar-refractivity contribution in [2.24, 2.45) is 17.8 Å². The maximum Gasteiger partial charge on any atom is 0.248 e. The fourth-order valence-corrected chi connectivity index (χ4v) is 4.02. The molecule has 0 aromatic heterocycles. The Labute approximate surface area is 128 Å². The van der Waals surface area contributed by atoms with E-state index in [1.165, 1.54) is 4.48 Å². The van der Waals surface area contributed by atoms with Crippen molar-refractivity contribution in [3.05, 3.63) is 22.7 Å². The van der Waals surface area contributed by atoms with E-state index in [-0.39, 0.29) is 12.8 Å². The van der Waals surface area contributed by atoms with Crippen LogP contribution >= 0.6 is 15.9 Å². The predicted octanol–water partition coefficient (Wildman–Crippen LogP) is 5.32. The molecule has 0 saturated heterocycles. The molecule has 0 aliphatic heterocycles. The molecule has 1 fully saturated rings. The first-order valence-electron chi connectivity index (χ1n) is 7.53. The van der Waals surface area contributed by atoms with E-state index in [0.717, 1.165) is 19.6 Å². The summed E-state index contributed by atoms with van der Waals surface area (Å²) in [4.78, 5) is 0. The molecule has 1 nitrogen and oxygen atoms in total. The maximum atomic E-state index is 13.3. The Morgan fingerprint density at radius 1 is 1.35 bits per heavy atom. The number of allylic oxidation sites excluding steroid dienone is 4. The van der Waals surface area contributed by atoms with Crippen molar-refractivity contribution < 1.29 is 13.5 Å². The lowest BCUT2D eigenvalue weighted by Crippen LogP contribution is -2.32. The molecule has 0 aromatic carbocycles. The fraction of sp³-hybridized carbons (Fsp3) is 0.750. The van der Waals surface area contributed by atoms with Gasteiger partial charge in [0.1, 0.15) is 0 Å². The van der Waals surface area contributed by atoms with Crippen LogP contribution in [-0.4, -0.2) is 19.1 Å². The van der Waals surface area contributed by atoms with Gasteiger partial charge in [0.25, 0.3) is 0 Å². The van der Waals surface area contributed by atoms with Crippen LogP contribution in [-0.2, 0) is 4.74 Å². The molecule has 0 bridgehead atoms. The van der Waals surface area contributed by atoms with Crippen LogP contribution in [0.3, 0.4) is 0 Å². The molecule has 0 heterocycles. The summed E-state index contributed by atoms with van der Waals surface area (Å²) in [6.45, 7) is 3.45. The van der Waals surface area contributed by atoms with E-state index in [1.807, 2.05) is 6.92 Å². The second kappa shape index (κ2) is 7.17. The zero-order chi connectivity index (χ0) is 14.6. The van der Waals surface area contributed by atoms with Gasteiger partial charge in [-0.05, 0) is 48.4 Å². The average molecular weight is 349 g/mol. The topological polar surface area (TPSA) is 9.23 Å². The van der Waals surface area contributed by atoms with Gasteiger partial charge in [-0.15, -0.1) is 0 Å². The van der Waals surface area contributed by atoms with Gasteiger partial charge < -0.3 is 4.74 Å². The first kappa shape index (κ1) is 16.2. The van der Waals surface area contributed by atoms with Gasteiger partial charge in [-0.1, -0.05) is 34.2 Å². The van der Waals surface area contributed by atoms with Gasteiger partial charge in [0.2, 0.25) is 5.92 Å². The van der Waals surface area contributed by atoms with Crippen LogP contribution in [0.1, 0.15) is 39.0 Å². The van der Waals surface area contributed by atoms with Crippen LogP contribution in [0.5, 0.6) is 0 Å². The highest BCUT2D eigenvalue weighted by atomic mass is 79.9. The molecule has 2 unspecified atom stereocenters. The van der Waals surface area contributed by atoms with Gasteiger partial charge in [0.05, 0.1) is 0 Å². The van der Waals surface area contributed by atoms with Gasteiger partial charge in [0.15, 0.2) is 0 Å². The second-order valence-corrected chi connectivity index (χ2v) is 6.71. The monoisotopic (exact) mass is 348 g/mol. The third-order valence-corrected chi connectivity index (χ3v) is 5.34.